The fraction of sp³-hybridized carbons (Fsp3) is 0.300. The van der Waals surface area contributed by atoms with E-state index in [0.717, 1.165) is 29.1 Å². The maximum absolute atomic E-state index is 12.4. The first-order valence-electron chi connectivity index (χ1n) is 8.89. The second-order valence-electron chi connectivity index (χ2n) is 6.73. The first-order valence-corrected chi connectivity index (χ1v) is 10.3. The van der Waals surface area contributed by atoms with Crippen molar-refractivity contribution in [1.29, 1.82) is 0 Å². The molecule has 0 radical (unpaired) electrons. The summed E-state index contributed by atoms with van der Waals surface area (Å²) in [6, 6.07) is 12.1. The molecule has 2 aromatic carbocycles. The van der Waals surface area contributed by atoms with Crippen LogP contribution in [0.25, 0.3) is 0 Å². The standard InChI is InChI=1S/C20H19NO5S/c22-19(13-14-8-9-15-4-3-5-16(15)12-14)26-11-10-21-20(23)17-6-1-2-7-18(17)27(21,24)25/h1-2,6-9,12H,3-5,10-11,13H2. The molecule has 0 N–H and O–H groups in total. The van der Waals surface area contributed by atoms with Gasteiger partial charge in [-0.3, -0.25) is 9.59 Å². The number of nitrogens with zero attached hydrogens (tertiary/aromatic N) is 1. The van der Waals surface area contributed by atoms with Crippen LogP contribution in [0.2, 0.25) is 0 Å². The molecule has 0 aromatic heterocycles. The van der Waals surface area contributed by atoms with Gasteiger partial charge < -0.3 is 4.74 Å². The summed E-state index contributed by atoms with van der Waals surface area (Å²) in [5.74, 6) is -1.02. The molecule has 1 aliphatic heterocycles. The highest BCUT2D eigenvalue weighted by molar-refractivity contribution is 7.90. The lowest BCUT2D eigenvalue weighted by Crippen LogP contribution is -2.33. The van der Waals surface area contributed by atoms with E-state index in [9.17, 15) is 18.0 Å². The lowest BCUT2D eigenvalue weighted by Gasteiger charge is -2.15. The summed E-state index contributed by atoms with van der Waals surface area (Å²) < 4.78 is 30.8. The number of sulfonamides is 1. The van der Waals surface area contributed by atoms with Crippen molar-refractivity contribution in [2.75, 3.05) is 13.2 Å². The Morgan fingerprint density at radius 3 is 2.67 bits per heavy atom. The number of carbonyl (C=O) groups is 2. The van der Waals surface area contributed by atoms with Gasteiger partial charge in [0.05, 0.1) is 18.5 Å². The van der Waals surface area contributed by atoms with Crippen molar-refractivity contribution >= 4 is 21.9 Å². The molecule has 0 bridgehead atoms. The summed E-state index contributed by atoms with van der Waals surface area (Å²) >= 11 is 0. The molecule has 0 saturated heterocycles. The number of benzene rings is 2. The summed E-state index contributed by atoms with van der Waals surface area (Å²) in [6.07, 6.45) is 3.40. The lowest BCUT2D eigenvalue weighted by molar-refractivity contribution is -0.142. The highest BCUT2D eigenvalue weighted by Crippen LogP contribution is 2.29. The van der Waals surface area contributed by atoms with E-state index in [4.69, 9.17) is 4.74 Å². The summed E-state index contributed by atoms with van der Waals surface area (Å²) in [5.41, 5.74) is 3.66. The van der Waals surface area contributed by atoms with Crippen molar-refractivity contribution < 1.29 is 22.7 Å². The number of rotatable bonds is 5. The Balaban J connectivity index is 1.35. The van der Waals surface area contributed by atoms with Gasteiger partial charge in [0.2, 0.25) is 0 Å². The van der Waals surface area contributed by atoms with Crippen LogP contribution < -0.4 is 0 Å². The minimum absolute atomic E-state index is 0.000493. The first-order chi connectivity index (χ1) is 13.0. The van der Waals surface area contributed by atoms with Crippen LogP contribution in [-0.2, 0) is 38.8 Å². The third kappa shape index (κ3) is 3.23. The number of amides is 1. The minimum atomic E-state index is -3.87. The van der Waals surface area contributed by atoms with Gasteiger partial charge in [-0.05, 0) is 48.1 Å². The molecule has 0 fully saturated rings. The van der Waals surface area contributed by atoms with Crippen molar-refractivity contribution in [1.82, 2.24) is 4.31 Å². The quantitative estimate of drug-likeness (QED) is 0.737. The summed E-state index contributed by atoms with van der Waals surface area (Å²) in [6.45, 7) is -0.353. The van der Waals surface area contributed by atoms with Gasteiger partial charge in [0.15, 0.2) is 0 Å². The van der Waals surface area contributed by atoms with E-state index in [1.54, 1.807) is 12.1 Å². The van der Waals surface area contributed by atoms with Crippen molar-refractivity contribution in [2.24, 2.45) is 0 Å². The Morgan fingerprint density at radius 2 is 1.85 bits per heavy atom. The maximum Gasteiger partial charge on any atom is 0.310 e. The van der Waals surface area contributed by atoms with Gasteiger partial charge >= 0.3 is 5.97 Å². The Hall–Kier alpha value is -2.67. The van der Waals surface area contributed by atoms with Crippen LogP contribution in [0.15, 0.2) is 47.4 Å². The molecule has 140 valence electrons. The predicted molar refractivity (Wildman–Crippen MR) is 97.8 cm³/mol. The predicted octanol–water partition coefficient (Wildman–Crippen LogP) is 2.11. The smallest absolute Gasteiger partial charge is 0.310 e. The Labute approximate surface area is 157 Å². The minimum Gasteiger partial charge on any atom is -0.463 e. The van der Waals surface area contributed by atoms with E-state index in [1.807, 2.05) is 12.1 Å². The van der Waals surface area contributed by atoms with Gasteiger partial charge in [-0.25, -0.2) is 12.7 Å². The zero-order chi connectivity index (χ0) is 19.0. The topological polar surface area (TPSA) is 80.8 Å². The number of carbonyl (C=O) groups excluding carboxylic acids is 2. The SMILES string of the molecule is O=C(Cc1ccc2c(c1)CCC2)OCCN1C(=O)c2ccccc2S1(=O)=O. The molecule has 1 amide bonds. The average Bonchev–Trinajstić information content (AvgIpc) is 3.18. The van der Waals surface area contributed by atoms with E-state index < -0.39 is 21.9 Å². The number of hydrogen-bond acceptors (Lipinski definition) is 5. The highest BCUT2D eigenvalue weighted by atomic mass is 32.2. The number of esters is 1. The fourth-order valence-corrected chi connectivity index (χ4v) is 5.20. The van der Waals surface area contributed by atoms with Crippen LogP contribution in [0.3, 0.4) is 0 Å². The molecular weight excluding hydrogens is 366 g/mol. The van der Waals surface area contributed by atoms with E-state index in [2.05, 4.69) is 6.07 Å². The second kappa shape index (κ2) is 6.81. The van der Waals surface area contributed by atoms with Crippen molar-refractivity contribution in [3.8, 4) is 0 Å². The van der Waals surface area contributed by atoms with E-state index in [-0.39, 0.29) is 30.0 Å². The number of hydrogen-bond donors (Lipinski definition) is 0. The third-order valence-electron chi connectivity index (χ3n) is 4.98. The van der Waals surface area contributed by atoms with Gasteiger partial charge in [-0.1, -0.05) is 30.3 Å². The summed E-state index contributed by atoms with van der Waals surface area (Å²) in [5, 5.41) is 0. The number of ether oxygens (including phenoxy) is 1. The lowest BCUT2D eigenvalue weighted by atomic mass is 10.0. The molecule has 2 aromatic rings. The van der Waals surface area contributed by atoms with Crippen molar-refractivity contribution in [3.05, 3.63) is 64.7 Å². The largest absolute Gasteiger partial charge is 0.463 e. The van der Waals surface area contributed by atoms with Crippen LogP contribution in [-0.4, -0.2) is 37.8 Å². The van der Waals surface area contributed by atoms with Gasteiger partial charge in [0.25, 0.3) is 15.9 Å². The first kappa shape index (κ1) is 17.7. The van der Waals surface area contributed by atoms with Gasteiger partial charge in [-0.2, -0.15) is 0 Å². The molecule has 4 rings (SSSR count). The van der Waals surface area contributed by atoms with Gasteiger partial charge in [0, 0.05) is 0 Å². The fourth-order valence-electron chi connectivity index (χ4n) is 3.65. The Morgan fingerprint density at radius 1 is 1.07 bits per heavy atom. The number of aryl methyl sites for hydroxylation is 2. The van der Waals surface area contributed by atoms with Gasteiger partial charge in [-0.15, -0.1) is 0 Å². The molecule has 0 atom stereocenters. The highest BCUT2D eigenvalue weighted by Gasteiger charge is 2.40. The third-order valence-corrected chi connectivity index (χ3v) is 6.82. The molecule has 0 spiro atoms. The Bertz CT molecular complexity index is 1030. The van der Waals surface area contributed by atoms with Crippen molar-refractivity contribution in [2.45, 2.75) is 30.6 Å². The molecule has 27 heavy (non-hydrogen) atoms. The van der Waals surface area contributed by atoms with Crippen molar-refractivity contribution in [3.63, 3.8) is 0 Å². The molecule has 2 aliphatic rings. The maximum atomic E-state index is 12.4. The number of fused-ring (bicyclic) bond motifs is 2. The van der Waals surface area contributed by atoms with Crippen LogP contribution >= 0.6 is 0 Å². The molecule has 7 heteroatoms. The Kier molecular flexibility index (Phi) is 4.47. The van der Waals surface area contributed by atoms with Crippen LogP contribution in [0, 0.1) is 0 Å². The molecule has 0 saturated carbocycles. The average molecular weight is 385 g/mol. The summed E-state index contributed by atoms with van der Waals surface area (Å²) in [4.78, 5) is 24.4. The van der Waals surface area contributed by atoms with Gasteiger partial charge in [0.1, 0.15) is 11.5 Å². The second-order valence-corrected chi connectivity index (χ2v) is 8.56. The zero-order valence-electron chi connectivity index (χ0n) is 14.7. The molecule has 1 aliphatic carbocycles. The monoisotopic (exact) mass is 385 g/mol. The zero-order valence-corrected chi connectivity index (χ0v) is 15.5. The molecule has 6 nitrogen and oxygen atoms in total. The normalized spacial score (nSPS) is 16.9. The van der Waals surface area contributed by atoms with Crippen LogP contribution in [0.4, 0.5) is 0 Å². The molecular formula is C20H19NO5S. The summed E-state index contributed by atoms with van der Waals surface area (Å²) in [7, 11) is -3.87. The van der Waals surface area contributed by atoms with E-state index >= 15 is 0 Å². The van der Waals surface area contributed by atoms with E-state index in [0.29, 0.717) is 0 Å². The van der Waals surface area contributed by atoms with Crippen LogP contribution in [0.1, 0.15) is 33.5 Å². The van der Waals surface area contributed by atoms with Crippen LogP contribution in [0.5, 0.6) is 0 Å². The molecule has 0 unspecified atom stereocenters. The molecule has 1 heterocycles. The van der Waals surface area contributed by atoms with E-state index in [1.165, 1.54) is 23.3 Å².